The normalized spacial score (nSPS) is 16.5. The van der Waals surface area contributed by atoms with Gasteiger partial charge in [0.05, 0.1) is 0 Å². The topological polar surface area (TPSA) is 187 Å². The Balaban J connectivity index is 1.78. The van der Waals surface area contributed by atoms with Gasteiger partial charge in [-0.1, -0.05) is 24.9 Å². The molecule has 13 heteroatoms. The second kappa shape index (κ2) is 12.7. The van der Waals surface area contributed by atoms with Gasteiger partial charge < -0.3 is 32.2 Å². The summed E-state index contributed by atoms with van der Waals surface area (Å²) < 4.78 is 5.26. The Morgan fingerprint density at radius 3 is 2.49 bits per heavy atom. The quantitative estimate of drug-likeness (QED) is 0.255. The van der Waals surface area contributed by atoms with Gasteiger partial charge in [0, 0.05) is 19.6 Å². The van der Waals surface area contributed by atoms with Gasteiger partial charge in [-0.05, 0) is 58.5 Å². The molecule has 0 bridgehead atoms. The zero-order chi connectivity index (χ0) is 26.2. The van der Waals surface area contributed by atoms with Crippen LogP contribution in [0.4, 0.5) is 16.4 Å². The van der Waals surface area contributed by atoms with E-state index in [1.54, 1.807) is 0 Å². The van der Waals surface area contributed by atoms with Crippen LogP contribution in [0.2, 0.25) is 5.15 Å². The fourth-order valence-corrected chi connectivity index (χ4v) is 4.06. The van der Waals surface area contributed by atoms with E-state index < -0.39 is 17.6 Å². The number of guanidine groups is 1. The summed E-state index contributed by atoms with van der Waals surface area (Å²) in [5, 5.41) is 5.16. The number of carbonyl (C=O) groups excluding carboxylic acids is 2. The summed E-state index contributed by atoms with van der Waals surface area (Å²) in [7, 11) is 0. The number of anilines is 2. The van der Waals surface area contributed by atoms with Crippen molar-refractivity contribution in [2.45, 2.75) is 52.6 Å². The molecule has 0 aromatic carbocycles. The second-order valence-corrected chi connectivity index (χ2v) is 9.95. The van der Waals surface area contributed by atoms with Gasteiger partial charge in [0.1, 0.15) is 5.60 Å². The minimum Gasteiger partial charge on any atom is -0.444 e. The molecule has 35 heavy (non-hydrogen) atoms. The van der Waals surface area contributed by atoms with E-state index in [-0.39, 0.29) is 28.4 Å². The molecule has 1 fully saturated rings. The molecule has 1 unspecified atom stereocenters. The number of hydrogen-bond donors (Lipinski definition) is 5. The molecule has 1 aromatic rings. The SMILES string of the molecule is CCC(CN=C(N)NC(=O)c1nc(Cl)c(N)nc1N)C1CCN(CCNC(=O)OC(C)(C)C)CC1. The first-order valence-corrected chi connectivity index (χ1v) is 12.2. The van der Waals surface area contributed by atoms with Gasteiger partial charge in [0.2, 0.25) is 0 Å². The molecule has 2 amide bonds. The van der Waals surface area contributed by atoms with E-state index in [0.717, 1.165) is 38.9 Å². The highest BCUT2D eigenvalue weighted by Gasteiger charge is 2.26. The molecule has 2 heterocycles. The van der Waals surface area contributed by atoms with Gasteiger partial charge in [0.15, 0.2) is 28.4 Å². The number of piperidine rings is 1. The number of hydrogen-bond acceptors (Lipinski definition) is 9. The van der Waals surface area contributed by atoms with Crippen LogP contribution in [0, 0.1) is 11.8 Å². The lowest BCUT2D eigenvalue weighted by Gasteiger charge is -2.35. The highest BCUT2D eigenvalue weighted by atomic mass is 35.5. The number of alkyl carbamates (subject to hydrolysis) is 1. The Hall–Kier alpha value is -2.86. The molecule has 8 N–H and O–H groups in total. The molecule has 0 radical (unpaired) electrons. The number of ether oxygens (including phenoxy) is 1. The van der Waals surface area contributed by atoms with Crippen LogP contribution in [0.5, 0.6) is 0 Å². The average molecular weight is 512 g/mol. The van der Waals surface area contributed by atoms with Crippen molar-refractivity contribution in [2.75, 3.05) is 44.2 Å². The van der Waals surface area contributed by atoms with Crippen LogP contribution in [0.1, 0.15) is 57.4 Å². The largest absolute Gasteiger partial charge is 0.444 e. The predicted molar refractivity (Wildman–Crippen MR) is 137 cm³/mol. The second-order valence-electron chi connectivity index (χ2n) is 9.59. The summed E-state index contributed by atoms with van der Waals surface area (Å²) in [6.07, 6.45) is 2.61. The van der Waals surface area contributed by atoms with Crippen LogP contribution in [0.15, 0.2) is 4.99 Å². The summed E-state index contributed by atoms with van der Waals surface area (Å²) in [6.45, 7) is 11.4. The number of carbonyl (C=O) groups is 2. The molecule has 0 spiro atoms. The Morgan fingerprint density at radius 1 is 1.23 bits per heavy atom. The molecular weight excluding hydrogens is 474 g/mol. The molecule has 0 aliphatic carbocycles. The summed E-state index contributed by atoms with van der Waals surface area (Å²) in [6, 6.07) is 0. The Labute approximate surface area is 211 Å². The molecule has 1 aliphatic heterocycles. The molecule has 1 atom stereocenters. The van der Waals surface area contributed by atoms with Crippen molar-refractivity contribution >= 4 is 41.2 Å². The maximum atomic E-state index is 12.4. The summed E-state index contributed by atoms with van der Waals surface area (Å²) in [5.74, 6) is -0.0361. The zero-order valence-corrected chi connectivity index (χ0v) is 21.7. The maximum absolute atomic E-state index is 12.4. The smallest absolute Gasteiger partial charge is 0.407 e. The summed E-state index contributed by atoms with van der Waals surface area (Å²) >= 11 is 5.83. The predicted octanol–water partition coefficient (Wildman–Crippen LogP) is 1.60. The first kappa shape index (κ1) is 28.4. The molecule has 2 rings (SSSR count). The highest BCUT2D eigenvalue weighted by molar-refractivity contribution is 6.31. The first-order chi connectivity index (χ1) is 16.4. The van der Waals surface area contributed by atoms with Gasteiger partial charge in [-0.3, -0.25) is 15.1 Å². The number of aromatic nitrogens is 2. The molecule has 0 saturated carbocycles. The molecule has 12 nitrogen and oxygen atoms in total. The summed E-state index contributed by atoms with van der Waals surface area (Å²) in [4.78, 5) is 38.5. The van der Waals surface area contributed by atoms with E-state index in [1.807, 2.05) is 20.8 Å². The van der Waals surface area contributed by atoms with E-state index in [9.17, 15) is 9.59 Å². The van der Waals surface area contributed by atoms with Gasteiger partial charge >= 0.3 is 6.09 Å². The average Bonchev–Trinajstić information content (AvgIpc) is 2.76. The molecule has 1 saturated heterocycles. The monoisotopic (exact) mass is 511 g/mol. The van der Waals surface area contributed by atoms with E-state index in [1.165, 1.54) is 0 Å². The first-order valence-electron chi connectivity index (χ1n) is 11.8. The van der Waals surface area contributed by atoms with Gasteiger partial charge in [0.25, 0.3) is 5.91 Å². The number of nitrogens with one attached hydrogen (secondary N) is 2. The van der Waals surface area contributed by atoms with Crippen molar-refractivity contribution in [3.8, 4) is 0 Å². The van der Waals surface area contributed by atoms with E-state index >= 15 is 0 Å². The van der Waals surface area contributed by atoms with E-state index in [2.05, 4.69) is 37.4 Å². The van der Waals surface area contributed by atoms with Crippen LogP contribution in [0.3, 0.4) is 0 Å². The minimum atomic E-state index is -0.653. The lowest BCUT2D eigenvalue weighted by Crippen LogP contribution is -2.42. The van der Waals surface area contributed by atoms with E-state index in [4.69, 9.17) is 33.5 Å². The molecule has 1 aromatic heterocycles. The number of nitrogens with two attached hydrogens (primary N) is 3. The molecular formula is C22H38ClN9O3. The van der Waals surface area contributed by atoms with Crippen molar-refractivity contribution < 1.29 is 14.3 Å². The molecule has 1 aliphatic rings. The zero-order valence-electron chi connectivity index (χ0n) is 20.9. The number of halogens is 1. The third-order valence-corrected chi connectivity index (χ3v) is 6.06. The number of amides is 2. The van der Waals surface area contributed by atoms with E-state index in [0.29, 0.717) is 24.9 Å². The standard InChI is InChI=1S/C22H38ClN9O3/c1-5-13(12-28-20(26)31-19(33)15-17(24)30-18(25)16(23)29-15)14-6-9-32(10-7-14)11-8-27-21(34)35-22(2,3)4/h13-14H,5-12H2,1-4H3,(H,27,34)(H4,24,25,30)(H3,26,28,31,33). The van der Waals surface area contributed by atoms with Gasteiger partial charge in [-0.25, -0.2) is 14.8 Å². The van der Waals surface area contributed by atoms with Crippen molar-refractivity contribution in [3.63, 3.8) is 0 Å². The molecule has 196 valence electrons. The fraction of sp³-hybridized carbons (Fsp3) is 0.682. The van der Waals surface area contributed by atoms with Crippen molar-refractivity contribution in [2.24, 2.45) is 22.6 Å². The third kappa shape index (κ3) is 9.36. The van der Waals surface area contributed by atoms with Crippen LogP contribution in [0.25, 0.3) is 0 Å². The third-order valence-electron chi connectivity index (χ3n) is 5.78. The van der Waals surface area contributed by atoms with Crippen LogP contribution >= 0.6 is 11.6 Å². The van der Waals surface area contributed by atoms with Crippen LogP contribution in [-0.4, -0.2) is 71.2 Å². The fourth-order valence-electron chi connectivity index (χ4n) is 3.93. The minimum absolute atomic E-state index is 0.0201. The lowest BCUT2D eigenvalue weighted by atomic mass is 9.82. The van der Waals surface area contributed by atoms with Crippen LogP contribution < -0.4 is 27.8 Å². The number of nitrogen functional groups attached to an aromatic ring is 2. The number of nitrogens with zero attached hydrogens (tertiary/aromatic N) is 4. The Bertz CT molecular complexity index is 912. The maximum Gasteiger partial charge on any atom is 0.407 e. The van der Waals surface area contributed by atoms with Crippen molar-refractivity contribution in [1.82, 2.24) is 25.5 Å². The van der Waals surface area contributed by atoms with Gasteiger partial charge in [-0.2, -0.15) is 0 Å². The number of rotatable bonds is 8. The summed E-state index contributed by atoms with van der Waals surface area (Å²) in [5.41, 5.74) is 16.5. The number of aliphatic imine (C=N–C) groups is 1. The highest BCUT2D eigenvalue weighted by Crippen LogP contribution is 2.27. The van der Waals surface area contributed by atoms with Crippen molar-refractivity contribution in [3.05, 3.63) is 10.8 Å². The lowest BCUT2D eigenvalue weighted by molar-refractivity contribution is 0.0517. The number of likely N-dealkylation sites (tertiary alicyclic amines) is 1. The van der Waals surface area contributed by atoms with Crippen molar-refractivity contribution in [1.29, 1.82) is 0 Å². The Kier molecular flexibility index (Phi) is 10.3. The van der Waals surface area contributed by atoms with Gasteiger partial charge in [-0.15, -0.1) is 0 Å². The van der Waals surface area contributed by atoms with Crippen LogP contribution in [-0.2, 0) is 4.74 Å². The Morgan fingerprint density at radius 2 is 1.89 bits per heavy atom.